The first-order valence-electron chi connectivity index (χ1n) is 9.08. The van der Waals surface area contributed by atoms with Crippen LogP contribution < -0.4 is 11.0 Å². The number of ketones is 1. The van der Waals surface area contributed by atoms with E-state index in [0.29, 0.717) is 32.1 Å². The molecule has 0 heterocycles. The van der Waals surface area contributed by atoms with Crippen molar-refractivity contribution in [3.05, 3.63) is 0 Å². The van der Waals surface area contributed by atoms with Crippen LogP contribution in [0.15, 0.2) is 0 Å². The predicted octanol–water partition coefficient (Wildman–Crippen LogP) is 2.91. The third kappa shape index (κ3) is 20.1. The van der Waals surface area contributed by atoms with Gasteiger partial charge in [0, 0.05) is 19.3 Å². The molecule has 0 radical (unpaired) electrons. The maximum absolute atomic E-state index is 11.8. The van der Waals surface area contributed by atoms with Crippen molar-refractivity contribution >= 4 is 27.6 Å². The van der Waals surface area contributed by atoms with Gasteiger partial charge in [0.15, 0.2) is 6.29 Å². The second-order valence-corrected chi connectivity index (χ2v) is 9.06. The molecule has 2 unspecified atom stereocenters. The molecule has 0 rings (SSSR count). The van der Waals surface area contributed by atoms with Crippen LogP contribution in [0, 0.1) is 0 Å². The molecule has 0 spiro atoms. The van der Waals surface area contributed by atoms with Crippen LogP contribution in [0.5, 0.6) is 0 Å². The molecule has 0 amide bonds. The molecule has 12 heteroatoms. The van der Waals surface area contributed by atoms with E-state index in [9.17, 15) is 18.7 Å². The van der Waals surface area contributed by atoms with Gasteiger partial charge < -0.3 is 14.6 Å². The van der Waals surface area contributed by atoms with E-state index in [0.717, 1.165) is 44.8 Å². The lowest BCUT2D eigenvalue weighted by atomic mass is 10.0. The minimum absolute atomic E-state index is 0.00241. The molecule has 0 bridgehead atoms. The average molecular weight is 430 g/mol. The van der Waals surface area contributed by atoms with E-state index in [-0.39, 0.29) is 12.2 Å². The average Bonchev–Trinajstić information content (AvgIpc) is 2.51. The Morgan fingerprint density at radius 2 is 1.30 bits per heavy atom. The first-order chi connectivity index (χ1) is 12.5. The molecule has 0 fully saturated rings. The summed E-state index contributed by atoms with van der Waals surface area (Å²) in [7, 11) is -8.81. The molecule has 160 valence electrons. The SMILES string of the molecule is NP(=O)(O)OC(CCCCC(=O)CCCCCCCCC=O)OP(N)(=O)O. The quantitative estimate of drug-likeness (QED) is 0.109. The Balaban J connectivity index is 3.85. The maximum atomic E-state index is 11.8. The second-order valence-electron chi connectivity index (χ2n) is 6.38. The van der Waals surface area contributed by atoms with Gasteiger partial charge in [0.05, 0.1) is 0 Å². The van der Waals surface area contributed by atoms with Gasteiger partial charge in [-0.1, -0.05) is 25.7 Å². The molecule has 0 aromatic heterocycles. The van der Waals surface area contributed by atoms with E-state index in [4.69, 9.17) is 20.8 Å². The first kappa shape index (κ1) is 26.6. The third-order valence-corrected chi connectivity index (χ3v) is 4.78. The number of aldehydes is 1. The number of unbranched alkanes of at least 4 members (excludes halogenated alkanes) is 7. The number of nitrogens with two attached hydrogens (primary N) is 2. The summed E-state index contributed by atoms with van der Waals surface area (Å²) in [5, 5.41) is 0. The summed E-state index contributed by atoms with van der Waals surface area (Å²) in [4.78, 5) is 39.9. The number of carbonyl (C=O) groups excluding carboxylic acids is 2. The summed E-state index contributed by atoms with van der Waals surface area (Å²) in [5.41, 5.74) is 9.70. The molecular weight excluding hydrogens is 398 g/mol. The molecule has 0 aliphatic rings. The van der Waals surface area contributed by atoms with Crippen molar-refractivity contribution in [1.29, 1.82) is 0 Å². The standard InChI is InChI=1S/C15H32N2O8P2/c16-26(20,21)24-15(25-27(17,22)23)12-8-7-11-14(19)10-6-4-2-1-3-5-9-13-18/h13,15H,1-12H2,(H3,16,20,21)(H3,17,22,23). The lowest BCUT2D eigenvalue weighted by Gasteiger charge is -2.20. The predicted molar refractivity (Wildman–Crippen MR) is 100 cm³/mol. The minimum atomic E-state index is -4.40. The number of Topliss-reactive ketones (excluding diaryl/α,β-unsaturated/α-hetero) is 1. The highest BCUT2D eigenvalue weighted by Gasteiger charge is 2.26. The monoisotopic (exact) mass is 430 g/mol. The zero-order valence-electron chi connectivity index (χ0n) is 15.5. The van der Waals surface area contributed by atoms with E-state index >= 15 is 0 Å². The molecule has 0 aliphatic heterocycles. The summed E-state index contributed by atoms with van der Waals surface area (Å²) in [6.45, 7) is 0. The highest BCUT2D eigenvalue weighted by molar-refractivity contribution is 7.50. The highest BCUT2D eigenvalue weighted by atomic mass is 31.2. The Labute approximate surface area is 160 Å². The van der Waals surface area contributed by atoms with Gasteiger partial charge in [-0.15, -0.1) is 0 Å². The van der Waals surface area contributed by atoms with Gasteiger partial charge in [0.1, 0.15) is 12.1 Å². The summed E-state index contributed by atoms with van der Waals surface area (Å²) < 4.78 is 31.1. The zero-order chi connectivity index (χ0) is 20.8. The molecule has 0 aromatic carbocycles. The first-order valence-corrected chi connectivity index (χ1v) is 12.4. The fraction of sp³-hybridized carbons (Fsp3) is 0.867. The van der Waals surface area contributed by atoms with E-state index in [1.165, 1.54) is 0 Å². The third-order valence-electron chi connectivity index (χ3n) is 3.71. The maximum Gasteiger partial charge on any atom is 0.402 e. The molecular formula is C15H32N2O8P2. The Hall–Kier alpha value is -0.440. The molecule has 27 heavy (non-hydrogen) atoms. The van der Waals surface area contributed by atoms with Crippen LogP contribution in [0.25, 0.3) is 0 Å². The van der Waals surface area contributed by atoms with E-state index in [2.05, 4.69) is 9.05 Å². The van der Waals surface area contributed by atoms with Crippen LogP contribution >= 0.6 is 15.5 Å². The van der Waals surface area contributed by atoms with Crippen LogP contribution in [0.3, 0.4) is 0 Å². The number of hydrogen-bond acceptors (Lipinski definition) is 6. The van der Waals surface area contributed by atoms with Gasteiger partial charge in [0.2, 0.25) is 0 Å². The second kappa shape index (κ2) is 14.5. The van der Waals surface area contributed by atoms with Crippen molar-refractivity contribution in [2.24, 2.45) is 11.0 Å². The van der Waals surface area contributed by atoms with Crippen molar-refractivity contribution < 1.29 is 37.6 Å². The van der Waals surface area contributed by atoms with Crippen molar-refractivity contribution in [2.75, 3.05) is 0 Å². The van der Waals surface area contributed by atoms with Crippen molar-refractivity contribution in [2.45, 2.75) is 83.3 Å². The van der Waals surface area contributed by atoms with Gasteiger partial charge in [-0.2, -0.15) is 0 Å². The lowest BCUT2D eigenvalue weighted by Crippen LogP contribution is -2.19. The van der Waals surface area contributed by atoms with Crippen LogP contribution in [0.2, 0.25) is 0 Å². The Morgan fingerprint density at radius 3 is 1.78 bits per heavy atom. The lowest BCUT2D eigenvalue weighted by molar-refractivity contribution is -0.119. The van der Waals surface area contributed by atoms with Gasteiger partial charge >= 0.3 is 15.5 Å². The minimum Gasteiger partial charge on any atom is -0.313 e. The van der Waals surface area contributed by atoms with Crippen LogP contribution in [-0.2, 0) is 27.8 Å². The number of carbonyl (C=O) groups is 2. The fourth-order valence-electron chi connectivity index (χ4n) is 2.48. The summed E-state index contributed by atoms with van der Waals surface area (Å²) in [6.07, 6.45) is 7.57. The van der Waals surface area contributed by atoms with Gasteiger partial charge in [0.25, 0.3) is 0 Å². The Morgan fingerprint density at radius 1 is 0.852 bits per heavy atom. The number of rotatable bonds is 18. The van der Waals surface area contributed by atoms with Crippen LogP contribution in [0.1, 0.15) is 77.0 Å². The van der Waals surface area contributed by atoms with Crippen molar-refractivity contribution in [3.63, 3.8) is 0 Å². The molecule has 0 aliphatic carbocycles. The normalized spacial score (nSPS) is 17.0. The largest absolute Gasteiger partial charge is 0.402 e. The van der Waals surface area contributed by atoms with E-state index < -0.39 is 21.8 Å². The molecule has 0 saturated heterocycles. The van der Waals surface area contributed by atoms with Gasteiger partial charge in [-0.3, -0.25) is 13.8 Å². The fourth-order valence-corrected chi connectivity index (χ4v) is 3.52. The Bertz CT molecular complexity index is 496. The van der Waals surface area contributed by atoms with Gasteiger partial charge in [-0.25, -0.2) is 20.1 Å². The molecule has 2 atom stereocenters. The molecule has 6 N–H and O–H groups in total. The number of hydrogen-bond donors (Lipinski definition) is 4. The van der Waals surface area contributed by atoms with Crippen molar-refractivity contribution in [1.82, 2.24) is 0 Å². The smallest absolute Gasteiger partial charge is 0.313 e. The van der Waals surface area contributed by atoms with Crippen LogP contribution in [0.4, 0.5) is 0 Å². The van der Waals surface area contributed by atoms with Crippen molar-refractivity contribution in [3.8, 4) is 0 Å². The Kier molecular flexibility index (Phi) is 14.3. The summed E-state index contributed by atoms with van der Waals surface area (Å²) in [5.74, 6) is 0.118. The van der Waals surface area contributed by atoms with E-state index in [1.54, 1.807) is 0 Å². The highest BCUT2D eigenvalue weighted by Crippen LogP contribution is 2.41. The van der Waals surface area contributed by atoms with Crippen LogP contribution in [-0.4, -0.2) is 28.1 Å². The summed E-state index contributed by atoms with van der Waals surface area (Å²) >= 11 is 0. The topological polar surface area (TPSA) is 179 Å². The van der Waals surface area contributed by atoms with E-state index in [1.807, 2.05) is 0 Å². The molecule has 0 saturated carbocycles. The van der Waals surface area contributed by atoms with Gasteiger partial charge in [-0.05, 0) is 32.1 Å². The molecule has 0 aromatic rings. The molecule has 10 nitrogen and oxygen atoms in total. The zero-order valence-corrected chi connectivity index (χ0v) is 17.3. The summed E-state index contributed by atoms with van der Waals surface area (Å²) in [6, 6.07) is 0.